The molecular formula is C21H39N3O3. The fourth-order valence-corrected chi connectivity index (χ4v) is 5.20. The zero-order valence-electron chi connectivity index (χ0n) is 17.6. The predicted molar refractivity (Wildman–Crippen MR) is 107 cm³/mol. The van der Waals surface area contributed by atoms with Gasteiger partial charge < -0.3 is 24.2 Å². The van der Waals surface area contributed by atoms with E-state index in [-0.39, 0.29) is 11.4 Å². The molecule has 2 atom stereocenters. The fourth-order valence-electron chi connectivity index (χ4n) is 5.20. The highest BCUT2D eigenvalue weighted by atomic mass is 16.5. The van der Waals surface area contributed by atoms with Crippen molar-refractivity contribution in [1.82, 2.24) is 14.7 Å². The van der Waals surface area contributed by atoms with Gasteiger partial charge in [0.25, 0.3) is 0 Å². The van der Waals surface area contributed by atoms with E-state index < -0.39 is 0 Å². The molecule has 0 amide bonds. The van der Waals surface area contributed by atoms with Gasteiger partial charge in [0, 0.05) is 58.4 Å². The highest BCUT2D eigenvalue weighted by Gasteiger charge is 2.53. The van der Waals surface area contributed by atoms with Crippen molar-refractivity contribution in [1.29, 1.82) is 0 Å². The minimum Gasteiger partial charge on any atom is -0.466 e. The number of rotatable bonds is 7. The Bertz CT molecular complexity index is 481. The smallest absolute Gasteiger partial charge is 0.313 e. The molecule has 3 rings (SSSR count). The average Bonchev–Trinajstić information content (AvgIpc) is 2.90. The maximum absolute atomic E-state index is 13.0. The molecule has 0 radical (unpaired) electrons. The summed E-state index contributed by atoms with van der Waals surface area (Å²) in [5.41, 5.74) is -0.299. The Morgan fingerprint density at radius 3 is 2.67 bits per heavy atom. The first kappa shape index (κ1) is 21.0. The summed E-state index contributed by atoms with van der Waals surface area (Å²) >= 11 is 0. The van der Waals surface area contributed by atoms with Crippen molar-refractivity contribution >= 4 is 5.97 Å². The van der Waals surface area contributed by atoms with Crippen molar-refractivity contribution in [3.63, 3.8) is 0 Å². The zero-order chi connectivity index (χ0) is 19.3. The van der Waals surface area contributed by atoms with Crippen LogP contribution in [-0.4, -0.2) is 100 Å². The number of ether oxygens (including phenoxy) is 2. The van der Waals surface area contributed by atoms with Gasteiger partial charge in [-0.2, -0.15) is 0 Å². The van der Waals surface area contributed by atoms with Crippen LogP contribution in [0.2, 0.25) is 0 Å². The van der Waals surface area contributed by atoms with Gasteiger partial charge in [-0.1, -0.05) is 0 Å². The quantitative estimate of drug-likeness (QED) is 0.624. The lowest BCUT2D eigenvalue weighted by molar-refractivity contribution is -0.157. The van der Waals surface area contributed by atoms with Crippen LogP contribution >= 0.6 is 0 Å². The first-order valence-corrected chi connectivity index (χ1v) is 10.9. The lowest BCUT2D eigenvalue weighted by atomic mass is 9.75. The van der Waals surface area contributed by atoms with Crippen molar-refractivity contribution in [3.05, 3.63) is 0 Å². The summed E-state index contributed by atoms with van der Waals surface area (Å²) in [5, 5.41) is 0. The molecule has 0 saturated carbocycles. The van der Waals surface area contributed by atoms with E-state index in [1.807, 2.05) is 6.92 Å². The highest BCUT2D eigenvalue weighted by Crippen LogP contribution is 2.44. The molecule has 3 aliphatic rings. The molecule has 0 N–H and O–H groups in total. The summed E-state index contributed by atoms with van der Waals surface area (Å²) in [6.07, 6.45) is 4.43. The summed E-state index contributed by atoms with van der Waals surface area (Å²) in [4.78, 5) is 20.4. The number of carbonyl (C=O) groups excluding carboxylic acids is 1. The van der Waals surface area contributed by atoms with Gasteiger partial charge in [-0.25, -0.2) is 0 Å². The van der Waals surface area contributed by atoms with Gasteiger partial charge in [0.15, 0.2) is 0 Å². The number of likely N-dealkylation sites (N-methyl/N-ethyl adjacent to an activating group) is 1. The van der Waals surface area contributed by atoms with Crippen molar-refractivity contribution in [2.45, 2.75) is 32.6 Å². The molecule has 27 heavy (non-hydrogen) atoms. The minimum absolute atomic E-state index is 0.0512. The molecule has 156 valence electrons. The van der Waals surface area contributed by atoms with E-state index in [1.54, 1.807) is 0 Å². The van der Waals surface area contributed by atoms with Crippen LogP contribution < -0.4 is 0 Å². The molecule has 3 heterocycles. The normalized spacial score (nSPS) is 31.0. The highest BCUT2D eigenvalue weighted by molar-refractivity contribution is 5.78. The summed E-state index contributed by atoms with van der Waals surface area (Å²) in [6.45, 7) is 11.5. The van der Waals surface area contributed by atoms with Gasteiger partial charge in [0.05, 0.1) is 12.0 Å². The third kappa shape index (κ3) is 5.22. The Morgan fingerprint density at radius 1 is 1.22 bits per heavy atom. The Labute approximate surface area is 165 Å². The summed E-state index contributed by atoms with van der Waals surface area (Å²) in [7, 11) is 4.23. The van der Waals surface area contributed by atoms with E-state index >= 15 is 0 Å². The molecule has 3 aliphatic heterocycles. The van der Waals surface area contributed by atoms with Crippen molar-refractivity contribution in [2.24, 2.45) is 17.3 Å². The van der Waals surface area contributed by atoms with Gasteiger partial charge in [-0.3, -0.25) is 4.79 Å². The second kappa shape index (κ2) is 9.68. The van der Waals surface area contributed by atoms with Gasteiger partial charge in [-0.15, -0.1) is 0 Å². The third-order valence-electron chi connectivity index (χ3n) is 6.74. The predicted octanol–water partition coefficient (Wildman–Crippen LogP) is 1.55. The van der Waals surface area contributed by atoms with Crippen LogP contribution in [0.15, 0.2) is 0 Å². The molecule has 0 unspecified atom stereocenters. The van der Waals surface area contributed by atoms with Crippen molar-refractivity contribution in [2.75, 3.05) is 79.7 Å². The van der Waals surface area contributed by atoms with Crippen LogP contribution in [0.25, 0.3) is 0 Å². The van der Waals surface area contributed by atoms with E-state index in [0.29, 0.717) is 12.5 Å². The number of likely N-dealkylation sites (tertiary alicyclic amines) is 2. The lowest BCUT2D eigenvalue weighted by Gasteiger charge is -2.33. The summed E-state index contributed by atoms with van der Waals surface area (Å²) in [5.74, 6) is 1.19. The third-order valence-corrected chi connectivity index (χ3v) is 6.74. The molecule has 0 aliphatic carbocycles. The molecule has 0 aromatic carbocycles. The fraction of sp³-hybridized carbons (Fsp3) is 0.952. The number of hydrogen-bond acceptors (Lipinski definition) is 6. The lowest BCUT2D eigenvalue weighted by Crippen LogP contribution is -2.43. The number of fused-ring (bicyclic) bond motifs is 1. The van der Waals surface area contributed by atoms with Crippen LogP contribution in [0.4, 0.5) is 0 Å². The molecule has 3 fully saturated rings. The molecule has 3 saturated heterocycles. The topological polar surface area (TPSA) is 45.2 Å². The van der Waals surface area contributed by atoms with Gasteiger partial charge in [-0.05, 0) is 59.2 Å². The maximum atomic E-state index is 13.0. The first-order chi connectivity index (χ1) is 13.0. The molecule has 0 spiro atoms. The van der Waals surface area contributed by atoms with Crippen LogP contribution in [-0.2, 0) is 14.3 Å². The van der Waals surface area contributed by atoms with E-state index in [1.165, 1.54) is 12.8 Å². The number of hydrogen-bond donors (Lipinski definition) is 0. The largest absolute Gasteiger partial charge is 0.466 e. The zero-order valence-corrected chi connectivity index (χ0v) is 17.6. The number of nitrogens with zero attached hydrogens (tertiary/aromatic N) is 3. The van der Waals surface area contributed by atoms with Gasteiger partial charge in [0.1, 0.15) is 0 Å². The standard InChI is InChI=1S/C21H39N3O3/c1-4-27-20(25)21-8-5-9-23(14-18-6-12-26-13-7-18)15-19(21)16-24(17-21)11-10-22(2)3/h18-19H,4-17H2,1-3H3/t19-,21-/m1/s1. The van der Waals surface area contributed by atoms with Gasteiger partial charge in [0.2, 0.25) is 0 Å². The summed E-state index contributed by atoms with van der Waals surface area (Å²) < 4.78 is 11.1. The average molecular weight is 382 g/mol. The second-order valence-corrected chi connectivity index (χ2v) is 9.03. The van der Waals surface area contributed by atoms with Crippen LogP contribution in [0.1, 0.15) is 32.6 Å². The second-order valence-electron chi connectivity index (χ2n) is 9.03. The Hall–Kier alpha value is -0.690. The Morgan fingerprint density at radius 2 is 1.96 bits per heavy atom. The van der Waals surface area contributed by atoms with E-state index in [0.717, 1.165) is 77.8 Å². The van der Waals surface area contributed by atoms with E-state index in [2.05, 4.69) is 28.8 Å². The Balaban J connectivity index is 1.68. The van der Waals surface area contributed by atoms with Crippen molar-refractivity contribution < 1.29 is 14.3 Å². The van der Waals surface area contributed by atoms with Crippen LogP contribution in [0.3, 0.4) is 0 Å². The molecule has 0 aromatic rings. The molecular weight excluding hydrogens is 342 g/mol. The van der Waals surface area contributed by atoms with E-state index in [4.69, 9.17) is 9.47 Å². The molecule has 6 heteroatoms. The minimum atomic E-state index is -0.299. The molecule has 0 bridgehead atoms. The SMILES string of the molecule is CCOC(=O)[C@@]12CCCN(CC3CCOCC3)C[C@@H]1CN(CCN(C)C)C2. The monoisotopic (exact) mass is 381 g/mol. The first-order valence-electron chi connectivity index (χ1n) is 10.9. The van der Waals surface area contributed by atoms with Gasteiger partial charge >= 0.3 is 5.97 Å². The van der Waals surface area contributed by atoms with Crippen LogP contribution in [0.5, 0.6) is 0 Å². The number of esters is 1. The van der Waals surface area contributed by atoms with Crippen LogP contribution in [0, 0.1) is 17.3 Å². The maximum Gasteiger partial charge on any atom is 0.313 e. The Kier molecular flexibility index (Phi) is 7.54. The molecule has 0 aromatic heterocycles. The van der Waals surface area contributed by atoms with E-state index in [9.17, 15) is 4.79 Å². The number of carbonyl (C=O) groups is 1. The van der Waals surface area contributed by atoms with Crippen molar-refractivity contribution in [3.8, 4) is 0 Å². The molecule has 6 nitrogen and oxygen atoms in total. The summed E-state index contributed by atoms with van der Waals surface area (Å²) in [6, 6.07) is 0.